The van der Waals surface area contributed by atoms with Gasteiger partial charge in [-0.25, -0.2) is 0 Å². The lowest BCUT2D eigenvalue weighted by Crippen LogP contribution is -2.22. The van der Waals surface area contributed by atoms with E-state index in [1.165, 1.54) is 0 Å². The van der Waals surface area contributed by atoms with Gasteiger partial charge in [0, 0.05) is 12.0 Å². The van der Waals surface area contributed by atoms with Gasteiger partial charge in [-0.2, -0.15) is 0 Å². The molecule has 0 spiro atoms. The summed E-state index contributed by atoms with van der Waals surface area (Å²) in [6.07, 6.45) is 4.00. The van der Waals surface area contributed by atoms with Crippen LogP contribution in [0.1, 0.15) is 38.7 Å². The molecule has 0 aromatic heterocycles. The average Bonchev–Trinajstić information content (AvgIpc) is 2.36. The summed E-state index contributed by atoms with van der Waals surface area (Å²) in [5.41, 5.74) is 1.93. The molecule has 2 nitrogen and oxygen atoms in total. The minimum Gasteiger partial charge on any atom is -0.493 e. The molecule has 0 saturated carbocycles. The lowest BCUT2D eigenvalue weighted by molar-refractivity contribution is -0.106. The van der Waals surface area contributed by atoms with Crippen molar-refractivity contribution >= 4 is 6.29 Å². The van der Waals surface area contributed by atoms with Crippen molar-refractivity contribution in [2.24, 2.45) is 5.41 Å². The third-order valence-electron chi connectivity index (χ3n) is 3.61. The third kappa shape index (κ3) is 2.81. The topological polar surface area (TPSA) is 26.3 Å². The van der Waals surface area contributed by atoms with Gasteiger partial charge < -0.3 is 4.74 Å². The van der Waals surface area contributed by atoms with E-state index >= 15 is 0 Å². The van der Waals surface area contributed by atoms with E-state index in [1.807, 2.05) is 30.3 Å². The molecular formula is C16H20O2. The van der Waals surface area contributed by atoms with Gasteiger partial charge in [0.1, 0.15) is 18.7 Å². The molecule has 2 heteroatoms. The standard InChI is InChI=1S/C16H20O2/c1-16(2)10-6-9-15(14(16)11-17)18-12-13-7-4-3-5-8-13/h3-5,7-8,11H,6,9-10,12H2,1-2H3. The highest BCUT2D eigenvalue weighted by Gasteiger charge is 2.30. The molecule has 0 radical (unpaired) electrons. The lowest BCUT2D eigenvalue weighted by atomic mass is 9.75. The van der Waals surface area contributed by atoms with Gasteiger partial charge in [-0.05, 0) is 23.8 Å². The summed E-state index contributed by atoms with van der Waals surface area (Å²) in [5, 5.41) is 0. The molecule has 0 atom stereocenters. The van der Waals surface area contributed by atoms with E-state index in [0.29, 0.717) is 6.61 Å². The van der Waals surface area contributed by atoms with Crippen molar-refractivity contribution in [2.75, 3.05) is 0 Å². The van der Waals surface area contributed by atoms with Crippen LogP contribution in [0.3, 0.4) is 0 Å². The van der Waals surface area contributed by atoms with Gasteiger partial charge in [-0.3, -0.25) is 4.79 Å². The summed E-state index contributed by atoms with van der Waals surface area (Å²) < 4.78 is 5.86. The molecule has 0 bridgehead atoms. The Morgan fingerprint density at radius 2 is 2.00 bits per heavy atom. The number of carbonyl (C=O) groups is 1. The summed E-state index contributed by atoms with van der Waals surface area (Å²) in [6.45, 7) is 4.77. The van der Waals surface area contributed by atoms with Crippen LogP contribution in [0.15, 0.2) is 41.7 Å². The first-order valence-corrected chi connectivity index (χ1v) is 6.49. The van der Waals surface area contributed by atoms with E-state index in [0.717, 1.165) is 42.4 Å². The normalized spacial score (nSPS) is 18.6. The molecule has 1 aliphatic carbocycles. The molecule has 2 rings (SSSR count). The Balaban J connectivity index is 2.12. The largest absolute Gasteiger partial charge is 0.493 e. The molecule has 0 fully saturated rings. The Morgan fingerprint density at radius 3 is 2.67 bits per heavy atom. The fourth-order valence-electron chi connectivity index (χ4n) is 2.46. The summed E-state index contributed by atoms with van der Waals surface area (Å²) in [7, 11) is 0. The average molecular weight is 244 g/mol. The van der Waals surface area contributed by atoms with Crippen LogP contribution in [0.4, 0.5) is 0 Å². The zero-order chi connectivity index (χ0) is 13.0. The molecular weight excluding hydrogens is 224 g/mol. The maximum Gasteiger partial charge on any atom is 0.149 e. The Labute approximate surface area is 109 Å². The summed E-state index contributed by atoms with van der Waals surface area (Å²) in [6, 6.07) is 10.1. The van der Waals surface area contributed by atoms with E-state index in [-0.39, 0.29) is 5.41 Å². The number of benzene rings is 1. The van der Waals surface area contributed by atoms with Crippen molar-refractivity contribution in [1.29, 1.82) is 0 Å². The lowest BCUT2D eigenvalue weighted by Gasteiger charge is -2.31. The third-order valence-corrected chi connectivity index (χ3v) is 3.61. The number of rotatable bonds is 4. The number of ether oxygens (including phenoxy) is 1. The first kappa shape index (κ1) is 12.9. The van der Waals surface area contributed by atoms with Crippen LogP contribution < -0.4 is 0 Å². The summed E-state index contributed by atoms with van der Waals surface area (Å²) >= 11 is 0. The van der Waals surface area contributed by atoms with E-state index in [1.54, 1.807) is 0 Å². The minimum atomic E-state index is -0.0496. The van der Waals surface area contributed by atoms with Gasteiger partial charge in [-0.1, -0.05) is 44.2 Å². The quantitative estimate of drug-likeness (QED) is 0.752. The van der Waals surface area contributed by atoms with Crippen LogP contribution in [0.25, 0.3) is 0 Å². The van der Waals surface area contributed by atoms with E-state index in [4.69, 9.17) is 4.74 Å². The number of aldehydes is 1. The Hall–Kier alpha value is -1.57. The molecule has 0 heterocycles. The monoisotopic (exact) mass is 244 g/mol. The van der Waals surface area contributed by atoms with E-state index in [9.17, 15) is 4.79 Å². The first-order valence-electron chi connectivity index (χ1n) is 6.49. The molecule has 0 N–H and O–H groups in total. The highest BCUT2D eigenvalue weighted by molar-refractivity contribution is 5.76. The minimum absolute atomic E-state index is 0.0496. The number of carbonyl (C=O) groups excluding carboxylic acids is 1. The van der Waals surface area contributed by atoms with Crippen molar-refractivity contribution in [2.45, 2.75) is 39.7 Å². The Morgan fingerprint density at radius 1 is 1.28 bits per heavy atom. The highest BCUT2D eigenvalue weighted by atomic mass is 16.5. The SMILES string of the molecule is CC1(C)CCCC(OCc2ccccc2)=C1C=O. The number of hydrogen-bond acceptors (Lipinski definition) is 2. The molecule has 0 aliphatic heterocycles. The molecule has 96 valence electrons. The Kier molecular flexibility index (Phi) is 3.85. The summed E-state index contributed by atoms with van der Waals surface area (Å²) in [5.74, 6) is 0.880. The molecule has 0 amide bonds. The van der Waals surface area contributed by atoms with Crippen LogP contribution in [0.5, 0.6) is 0 Å². The molecule has 0 saturated heterocycles. The van der Waals surface area contributed by atoms with Gasteiger partial charge in [0.05, 0.1) is 0 Å². The highest BCUT2D eigenvalue weighted by Crippen LogP contribution is 2.39. The predicted molar refractivity (Wildman–Crippen MR) is 72.0 cm³/mol. The van der Waals surface area contributed by atoms with Gasteiger partial charge in [0.25, 0.3) is 0 Å². The van der Waals surface area contributed by atoms with Gasteiger partial charge >= 0.3 is 0 Å². The van der Waals surface area contributed by atoms with Crippen LogP contribution in [0.2, 0.25) is 0 Å². The second-order valence-electron chi connectivity index (χ2n) is 5.47. The van der Waals surface area contributed by atoms with Crippen LogP contribution in [-0.4, -0.2) is 6.29 Å². The fraction of sp³-hybridized carbons (Fsp3) is 0.438. The molecule has 0 unspecified atom stereocenters. The van der Waals surface area contributed by atoms with Crippen LogP contribution in [-0.2, 0) is 16.1 Å². The van der Waals surface area contributed by atoms with Gasteiger partial charge in [0.15, 0.2) is 0 Å². The van der Waals surface area contributed by atoms with Crippen molar-refractivity contribution in [1.82, 2.24) is 0 Å². The molecule has 1 aromatic carbocycles. The molecule has 18 heavy (non-hydrogen) atoms. The van der Waals surface area contributed by atoms with Crippen molar-refractivity contribution < 1.29 is 9.53 Å². The predicted octanol–water partition coefficient (Wildman–Crippen LogP) is 3.87. The van der Waals surface area contributed by atoms with E-state index in [2.05, 4.69) is 13.8 Å². The van der Waals surface area contributed by atoms with E-state index < -0.39 is 0 Å². The number of hydrogen-bond donors (Lipinski definition) is 0. The van der Waals surface area contributed by atoms with Crippen LogP contribution >= 0.6 is 0 Å². The maximum absolute atomic E-state index is 11.3. The molecule has 1 aromatic rings. The van der Waals surface area contributed by atoms with Crippen molar-refractivity contribution in [3.8, 4) is 0 Å². The second kappa shape index (κ2) is 5.38. The fourth-order valence-corrected chi connectivity index (χ4v) is 2.46. The van der Waals surface area contributed by atoms with Crippen molar-refractivity contribution in [3.05, 3.63) is 47.2 Å². The first-order chi connectivity index (χ1) is 8.63. The van der Waals surface area contributed by atoms with Crippen LogP contribution in [0, 0.1) is 5.41 Å². The zero-order valence-corrected chi connectivity index (χ0v) is 11.1. The van der Waals surface area contributed by atoms with Gasteiger partial charge in [0.2, 0.25) is 0 Å². The Bertz CT molecular complexity index is 443. The second-order valence-corrected chi connectivity index (χ2v) is 5.47. The maximum atomic E-state index is 11.3. The summed E-state index contributed by atoms with van der Waals surface area (Å²) in [4.78, 5) is 11.3. The number of allylic oxidation sites excluding steroid dienone is 2. The zero-order valence-electron chi connectivity index (χ0n) is 11.1. The molecule has 1 aliphatic rings. The smallest absolute Gasteiger partial charge is 0.149 e. The van der Waals surface area contributed by atoms with Gasteiger partial charge in [-0.15, -0.1) is 0 Å². The van der Waals surface area contributed by atoms with Crippen molar-refractivity contribution in [3.63, 3.8) is 0 Å².